The van der Waals surface area contributed by atoms with Gasteiger partial charge in [0.1, 0.15) is 10.7 Å². The molecule has 1 heterocycles. The van der Waals surface area contributed by atoms with E-state index in [1.807, 2.05) is 18.2 Å². The van der Waals surface area contributed by atoms with Gasteiger partial charge in [-0.05, 0) is 56.7 Å². The molecule has 4 nitrogen and oxygen atoms in total. The number of nitrogens with one attached hydrogen (secondary N) is 1. The van der Waals surface area contributed by atoms with Crippen molar-refractivity contribution in [2.45, 2.75) is 0 Å². The Morgan fingerprint density at radius 1 is 1.33 bits per heavy atom. The van der Waals surface area contributed by atoms with Gasteiger partial charge in [0.15, 0.2) is 5.82 Å². The first kappa shape index (κ1) is 13.6. The number of benzene rings is 1. The number of hydrogen-bond donors (Lipinski definition) is 2. The minimum absolute atomic E-state index is 0.218. The van der Waals surface area contributed by atoms with Crippen molar-refractivity contribution in [2.24, 2.45) is 5.73 Å². The summed E-state index contributed by atoms with van der Waals surface area (Å²) in [5.41, 5.74) is 6.98. The third-order valence-electron chi connectivity index (χ3n) is 2.11. The monoisotopic (exact) mass is 434 g/mol. The van der Waals surface area contributed by atoms with E-state index in [4.69, 9.17) is 18.0 Å². The zero-order valence-corrected chi connectivity index (χ0v) is 13.6. The van der Waals surface area contributed by atoms with E-state index in [-0.39, 0.29) is 4.99 Å². The summed E-state index contributed by atoms with van der Waals surface area (Å²) in [5.74, 6) is 0.554. The SMILES string of the molecule is NC(=S)c1nccnc1Nc1ccc(I)c(Br)c1. The summed E-state index contributed by atoms with van der Waals surface area (Å²) in [4.78, 5) is 8.52. The van der Waals surface area contributed by atoms with Crippen molar-refractivity contribution in [3.05, 3.63) is 44.3 Å². The Morgan fingerprint density at radius 3 is 2.72 bits per heavy atom. The van der Waals surface area contributed by atoms with Gasteiger partial charge in [0, 0.05) is 26.1 Å². The van der Waals surface area contributed by atoms with Gasteiger partial charge >= 0.3 is 0 Å². The maximum atomic E-state index is 5.60. The number of hydrogen-bond acceptors (Lipinski definition) is 4. The minimum atomic E-state index is 0.218. The topological polar surface area (TPSA) is 63.8 Å². The first-order chi connectivity index (χ1) is 8.58. The average molecular weight is 435 g/mol. The first-order valence-corrected chi connectivity index (χ1v) is 7.19. The molecular formula is C11H8BrIN4S. The van der Waals surface area contributed by atoms with Gasteiger partial charge in [-0.3, -0.25) is 0 Å². The summed E-state index contributed by atoms with van der Waals surface area (Å²) < 4.78 is 2.14. The maximum absolute atomic E-state index is 5.60. The van der Waals surface area contributed by atoms with Gasteiger partial charge in [-0.15, -0.1) is 0 Å². The fraction of sp³-hybridized carbons (Fsp3) is 0. The third kappa shape index (κ3) is 3.15. The molecule has 92 valence electrons. The highest BCUT2D eigenvalue weighted by molar-refractivity contribution is 14.1. The molecule has 0 saturated carbocycles. The van der Waals surface area contributed by atoms with Crippen molar-refractivity contribution < 1.29 is 0 Å². The molecule has 0 aliphatic heterocycles. The number of nitrogens with zero attached hydrogens (tertiary/aromatic N) is 2. The van der Waals surface area contributed by atoms with E-state index in [0.29, 0.717) is 11.5 Å². The van der Waals surface area contributed by atoms with Crippen LogP contribution in [0, 0.1) is 3.57 Å². The summed E-state index contributed by atoms with van der Waals surface area (Å²) in [7, 11) is 0. The molecular weight excluding hydrogens is 427 g/mol. The number of rotatable bonds is 3. The largest absolute Gasteiger partial charge is 0.388 e. The van der Waals surface area contributed by atoms with Crippen LogP contribution in [-0.2, 0) is 0 Å². The van der Waals surface area contributed by atoms with Crippen LogP contribution in [0.1, 0.15) is 5.69 Å². The molecule has 3 N–H and O–H groups in total. The van der Waals surface area contributed by atoms with Crippen LogP contribution < -0.4 is 11.1 Å². The van der Waals surface area contributed by atoms with Gasteiger partial charge in [0.05, 0.1) is 0 Å². The molecule has 0 aliphatic carbocycles. The molecule has 0 bridgehead atoms. The van der Waals surface area contributed by atoms with Gasteiger partial charge in [-0.25, -0.2) is 9.97 Å². The molecule has 18 heavy (non-hydrogen) atoms. The van der Waals surface area contributed by atoms with Crippen molar-refractivity contribution in [1.82, 2.24) is 9.97 Å². The Labute approximate surface area is 132 Å². The van der Waals surface area contributed by atoms with E-state index in [0.717, 1.165) is 13.7 Å². The fourth-order valence-corrected chi connectivity index (χ4v) is 2.18. The Balaban J connectivity index is 2.34. The van der Waals surface area contributed by atoms with Crippen LogP contribution >= 0.6 is 50.7 Å². The van der Waals surface area contributed by atoms with Crippen LogP contribution in [0.15, 0.2) is 35.1 Å². The minimum Gasteiger partial charge on any atom is -0.388 e. The molecule has 2 aromatic rings. The summed E-state index contributed by atoms with van der Waals surface area (Å²) >= 11 is 10.7. The Kier molecular flexibility index (Phi) is 4.46. The molecule has 0 unspecified atom stereocenters. The van der Waals surface area contributed by atoms with E-state index in [1.165, 1.54) is 0 Å². The molecule has 0 radical (unpaired) electrons. The third-order valence-corrected chi connectivity index (χ3v) is 4.65. The number of anilines is 2. The van der Waals surface area contributed by atoms with Crippen LogP contribution in [0.5, 0.6) is 0 Å². The summed E-state index contributed by atoms with van der Waals surface area (Å²) in [6, 6.07) is 5.90. The molecule has 0 fully saturated rings. The molecule has 0 amide bonds. The molecule has 2 rings (SSSR count). The van der Waals surface area contributed by atoms with Gasteiger partial charge in [0.25, 0.3) is 0 Å². The molecule has 1 aromatic heterocycles. The van der Waals surface area contributed by atoms with Crippen molar-refractivity contribution in [1.29, 1.82) is 0 Å². The van der Waals surface area contributed by atoms with Crippen LogP contribution in [-0.4, -0.2) is 15.0 Å². The Hall–Kier alpha value is -0.800. The van der Waals surface area contributed by atoms with Crippen LogP contribution in [0.25, 0.3) is 0 Å². The molecule has 0 saturated heterocycles. The van der Waals surface area contributed by atoms with E-state index in [1.54, 1.807) is 12.4 Å². The first-order valence-electron chi connectivity index (χ1n) is 4.91. The van der Waals surface area contributed by atoms with Gasteiger partial charge in [-0.1, -0.05) is 12.2 Å². The number of nitrogens with two attached hydrogens (primary N) is 1. The normalized spacial score (nSPS) is 10.1. The highest BCUT2D eigenvalue weighted by Crippen LogP contribution is 2.25. The predicted molar refractivity (Wildman–Crippen MR) is 88.1 cm³/mol. The summed E-state index contributed by atoms with van der Waals surface area (Å²) in [5, 5.41) is 3.15. The average Bonchev–Trinajstić information content (AvgIpc) is 2.34. The zero-order chi connectivity index (χ0) is 13.1. The number of thiocarbonyl (C=S) groups is 1. The zero-order valence-electron chi connectivity index (χ0n) is 9.02. The van der Waals surface area contributed by atoms with Crippen LogP contribution in [0.4, 0.5) is 11.5 Å². The van der Waals surface area contributed by atoms with Gasteiger partial charge < -0.3 is 11.1 Å². The van der Waals surface area contributed by atoms with E-state index in [2.05, 4.69) is 53.8 Å². The van der Waals surface area contributed by atoms with Gasteiger partial charge in [0.2, 0.25) is 0 Å². The number of halogens is 2. The van der Waals surface area contributed by atoms with Crippen LogP contribution in [0.3, 0.4) is 0 Å². The maximum Gasteiger partial charge on any atom is 0.159 e. The molecule has 0 spiro atoms. The lowest BCUT2D eigenvalue weighted by molar-refractivity contribution is 1.18. The molecule has 7 heteroatoms. The van der Waals surface area contributed by atoms with Crippen molar-refractivity contribution in [3.8, 4) is 0 Å². The fourth-order valence-electron chi connectivity index (χ4n) is 1.32. The van der Waals surface area contributed by atoms with E-state index >= 15 is 0 Å². The standard InChI is InChI=1S/C11H8BrIN4S/c12-7-5-6(1-2-8(7)13)17-11-9(10(14)18)15-3-4-16-11/h1-5H,(H2,14,18)(H,16,17). The second-order valence-electron chi connectivity index (χ2n) is 3.37. The van der Waals surface area contributed by atoms with Crippen molar-refractivity contribution >= 4 is 67.2 Å². The second-order valence-corrected chi connectivity index (χ2v) is 5.83. The van der Waals surface area contributed by atoms with Crippen LogP contribution in [0.2, 0.25) is 0 Å². The lowest BCUT2D eigenvalue weighted by atomic mass is 10.3. The van der Waals surface area contributed by atoms with Gasteiger partial charge in [-0.2, -0.15) is 0 Å². The predicted octanol–water partition coefficient (Wildman–Crippen LogP) is 3.22. The quantitative estimate of drug-likeness (QED) is 0.573. The highest BCUT2D eigenvalue weighted by atomic mass is 127. The lowest BCUT2D eigenvalue weighted by Crippen LogP contribution is -2.14. The summed E-state index contributed by atoms with van der Waals surface area (Å²) in [6.45, 7) is 0. The molecule has 0 aliphatic rings. The molecule has 0 atom stereocenters. The van der Waals surface area contributed by atoms with Crippen molar-refractivity contribution in [3.63, 3.8) is 0 Å². The smallest absolute Gasteiger partial charge is 0.159 e. The van der Waals surface area contributed by atoms with E-state index in [9.17, 15) is 0 Å². The molecule has 1 aromatic carbocycles. The number of aromatic nitrogens is 2. The lowest BCUT2D eigenvalue weighted by Gasteiger charge is -2.09. The van der Waals surface area contributed by atoms with Crippen molar-refractivity contribution in [2.75, 3.05) is 5.32 Å². The highest BCUT2D eigenvalue weighted by Gasteiger charge is 2.08. The second kappa shape index (κ2) is 5.89. The Morgan fingerprint density at radius 2 is 2.06 bits per heavy atom. The summed E-state index contributed by atoms with van der Waals surface area (Å²) in [6.07, 6.45) is 3.15. The Bertz CT molecular complexity index is 605. The van der Waals surface area contributed by atoms with E-state index < -0.39 is 0 Å².